The summed E-state index contributed by atoms with van der Waals surface area (Å²) in [5, 5.41) is 0. The highest BCUT2D eigenvalue weighted by Gasteiger charge is 2.22. The lowest BCUT2D eigenvalue weighted by molar-refractivity contribution is 0.436. The van der Waals surface area contributed by atoms with E-state index >= 15 is 0 Å². The summed E-state index contributed by atoms with van der Waals surface area (Å²) in [5.41, 5.74) is 1.01. The molecule has 1 fully saturated rings. The van der Waals surface area contributed by atoms with Crippen LogP contribution in [0.3, 0.4) is 0 Å². The van der Waals surface area contributed by atoms with Gasteiger partial charge in [-0.2, -0.15) is 0 Å². The summed E-state index contributed by atoms with van der Waals surface area (Å²) in [7, 11) is -0.112. The molecule has 0 nitrogen and oxygen atoms in total. The lowest BCUT2D eigenvalue weighted by Gasteiger charge is -2.27. The molecule has 1 aliphatic rings. The van der Waals surface area contributed by atoms with Gasteiger partial charge < -0.3 is 0 Å². The van der Waals surface area contributed by atoms with Crippen molar-refractivity contribution in [3.63, 3.8) is 0 Å². The van der Waals surface area contributed by atoms with E-state index in [2.05, 4.69) is 6.92 Å². The molecule has 1 heterocycles. The van der Waals surface area contributed by atoms with Crippen LogP contribution in [0.4, 0.5) is 13.2 Å². The molecule has 1 aliphatic heterocycles. The SMILES string of the molecule is CCC[Si]1CCC(CCc2cc(F)c(-c3ccc(F)cc3)c(F)c2)CC1. The van der Waals surface area contributed by atoms with Crippen LogP contribution < -0.4 is 0 Å². The smallest absolute Gasteiger partial charge is 0.134 e. The lowest BCUT2D eigenvalue weighted by atomic mass is 9.93. The van der Waals surface area contributed by atoms with E-state index in [1.807, 2.05) is 0 Å². The van der Waals surface area contributed by atoms with Gasteiger partial charge in [0.1, 0.15) is 17.5 Å². The highest BCUT2D eigenvalue weighted by molar-refractivity contribution is 6.58. The van der Waals surface area contributed by atoms with Crippen molar-refractivity contribution in [2.45, 2.75) is 57.2 Å². The summed E-state index contributed by atoms with van der Waals surface area (Å²) < 4.78 is 42.0. The van der Waals surface area contributed by atoms with Crippen LogP contribution in [0.5, 0.6) is 0 Å². The number of hydrogen-bond donors (Lipinski definition) is 0. The monoisotopic (exact) mass is 375 g/mol. The first-order chi connectivity index (χ1) is 12.6. The predicted octanol–water partition coefficient (Wildman–Crippen LogP) is 7.02. The molecule has 1 radical (unpaired) electrons. The number of rotatable bonds is 6. The van der Waals surface area contributed by atoms with Crippen LogP contribution in [0.25, 0.3) is 11.1 Å². The Labute approximate surface area is 156 Å². The van der Waals surface area contributed by atoms with Crippen LogP contribution >= 0.6 is 0 Å². The zero-order chi connectivity index (χ0) is 18.5. The zero-order valence-electron chi connectivity index (χ0n) is 15.3. The molecule has 0 N–H and O–H groups in total. The minimum absolute atomic E-state index is 0.0711. The Kier molecular flexibility index (Phi) is 6.57. The van der Waals surface area contributed by atoms with E-state index in [1.165, 1.54) is 73.8 Å². The van der Waals surface area contributed by atoms with E-state index in [1.54, 1.807) is 0 Å². The molecule has 0 bridgehead atoms. The lowest BCUT2D eigenvalue weighted by Crippen LogP contribution is -2.21. The molecule has 1 saturated heterocycles. The van der Waals surface area contributed by atoms with Crippen molar-refractivity contribution in [1.82, 2.24) is 0 Å². The maximum absolute atomic E-state index is 14.5. The van der Waals surface area contributed by atoms with Crippen molar-refractivity contribution >= 4 is 8.80 Å². The van der Waals surface area contributed by atoms with Gasteiger partial charge >= 0.3 is 0 Å². The molecule has 2 aromatic rings. The molecule has 0 atom stereocenters. The van der Waals surface area contributed by atoms with Crippen molar-refractivity contribution in [3.8, 4) is 11.1 Å². The van der Waals surface area contributed by atoms with E-state index in [-0.39, 0.29) is 14.4 Å². The number of hydrogen-bond acceptors (Lipinski definition) is 0. The minimum Gasteiger partial charge on any atom is -0.207 e. The average molecular weight is 376 g/mol. The molecular weight excluding hydrogens is 349 g/mol. The van der Waals surface area contributed by atoms with Crippen molar-refractivity contribution < 1.29 is 13.2 Å². The van der Waals surface area contributed by atoms with Crippen molar-refractivity contribution in [3.05, 3.63) is 59.4 Å². The van der Waals surface area contributed by atoms with Crippen LogP contribution in [-0.2, 0) is 6.42 Å². The Balaban J connectivity index is 1.62. The van der Waals surface area contributed by atoms with Gasteiger partial charge in [-0.15, -0.1) is 0 Å². The molecule has 139 valence electrons. The summed E-state index contributed by atoms with van der Waals surface area (Å²) in [6.45, 7) is 2.27. The summed E-state index contributed by atoms with van der Waals surface area (Å²) in [6.07, 6.45) is 5.60. The quantitative estimate of drug-likeness (QED) is 0.476. The molecule has 3 rings (SSSR count). The Morgan fingerprint density at radius 2 is 1.58 bits per heavy atom. The van der Waals surface area contributed by atoms with Gasteiger partial charge in [-0.05, 0) is 54.2 Å². The summed E-state index contributed by atoms with van der Waals surface area (Å²) in [5.74, 6) is -0.849. The topological polar surface area (TPSA) is 0 Å². The number of halogens is 3. The first-order valence-corrected chi connectivity index (χ1v) is 11.8. The molecule has 26 heavy (non-hydrogen) atoms. The van der Waals surface area contributed by atoms with Gasteiger partial charge in [0.05, 0.1) is 5.56 Å². The summed E-state index contributed by atoms with van der Waals surface area (Å²) in [4.78, 5) is 0. The molecule has 4 heteroatoms. The third-order valence-corrected chi connectivity index (χ3v) is 8.69. The second-order valence-corrected chi connectivity index (χ2v) is 10.4. The molecule has 0 unspecified atom stereocenters. The van der Waals surface area contributed by atoms with Gasteiger partial charge in [0.15, 0.2) is 0 Å². The van der Waals surface area contributed by atoms with Crippen molar-refractivity contribution in [2.24, 2.45) is 5.92 Å². The molecule has 2 aromatic carbocycles. The van der Waals surface area contributed by atoms with E-state index in [4.69, 9.17) is 0 Å². The van der Waals surface area contributed by atoms with E-state index < -0.39 is 17.5 Å². The molecule has 0 aliphatic carbocycles. The first kappa shape index (κ1) is 19.2. The highest BCUT2D eigenvalue weighted by Crippen LogP contribution is 2.32. The van der Waals surface area contributed by atoms with Crippen LogP contribution in [0, 0.1) is 23.4 Å². The number of benzene rings is 2. The van der Waals surface area contributed by atoms with Crippen LogP contribution in [-0.4, -0.2) is 8.80 Å². The maximum Gasteiger partial charge on any atom is 0.134 e. The third kappa shape index (κ3) is 4.79. The predicted molar refractivity (Wildman–Crippen MR) is 103 cm³/mol. The number of aryl methyl sites for hydroxylation is 1. The van der Waals surface area contributed by atoms with Gasteiger partial charge in [0, 0.05) is 8.80 Å². The molecule has 0 saturated carbocycles. The van der Waals surface area contributed by atoms with E-state index in [0.29, 0.717) is 11.5 Å². The summed E-state index contributed by atoms with van der Waals surface area (Å²) >= 11 is 0. The second kappa shape index (κ2) is 8.89. The average Bonchev–Trinajstić information content (AvgIpc) is 2.62. The fourth-order valence-electron chi connectivity index (χ4n) is 4.01. The Morgan fingerprint density at radius 3 is 2.15 bits per heavy atom. The second-order valence-electron chi connectivity index (χ2n) is 7.42. The van der Waals surface area contributed by atoms with Crippen LogP contribution in [0.1, 0.15) is 38.2 Å². The molecule has 0 amide bonds. The zero-order valence-corrected chi connectivity index (χ0v) is 16.3. The van der Waals surface area contributed by atoms with Gasteiger partial charge in [-0.3, -0.25) is 0 Å². The fraction of sp³-hybridized carbons (Fsp3) is 0.455. The maximum atomic E-state index is 14.5. The standard InChI is InChI=1S/C22H26F3Si/c1-2-11-26-12-9-16(10-13-26)3-4-17-14-20(24)22(21(25)15-17)18-5-7-19(23)8-6-18/h5-8,14-16H,2-4,9-13H2,1H3. The largest absolute Gasteiger partial charge is 0.207 e. The Morgan fingerprint density at radius 1 is 0.962 bits per heavy atom. The fourth-order valence-corrected chi connectivity index (χ4v) is 7.10. The summed E-state index contributed by atoms with van der Waals surface area (Å²) in [6, 6.07) is 12.4. The van der Waals surface area contributed by atoms with Crippen LogP contribution in [0.15, 0.2) is 36.4 Å². The Hall–Kier alpha value is -1.55. The third-order valence-electron chi connectivity index (χ3n) is 5.49. The van der Waals surface area contributed by atoms with Gasteiger partial charge in [-0.1, -0.05) is 56.5 Å². The van der Waals surface area contributed by atoms with Crippen molar-refractivity contribution in [1.29, 1.82) is 0 Å². The normalized spacial score (nSPS) is 16.2. The van der Waals surface area contributed by atoms with Gasteiger partial charge in [-0.25, -0.2) is 13.2 Å². The highest BCUT2D eigenvalue weighted by atomic mass is 28.3. The Bertz CT molecular complexity index is 696. The molecule has 0 spiro atoms. The van der Waals surface area contributed by atoms with E-state index in [0.717, 1.165) is 18.4 Å². The molecular formula is C22H26F3Si. The first-order valence-electron chi connectivity index (χ1n) is 9.64. The van der Waals surface area contributed by atoms with Crippen molar-refractivity contribution in [2.75, 3.05) is 0 Å². The minimum atomic E-state index is -0.566. The van der Waals surface area contributed by atoms with Crippen LogP contribution in [0.2, 0.25) is 18.1 Å². The van der Waals surface area contributed by atoms with Gasteiger partial charge in [0.2, 0.25) is 0 Å². The van der Waals surface area contributed by atoms with Gasteiger partial charge in [0.25, 0.3) is 0 Å². The molecule has 0 aromatic heterocycles. The van der Waals surface area contributed by atoms with E-state index in [9.17, 15) is 13.2 Å².